The molecular formula is C14H12F3N5OS. The van der Waals surface area contributed by atoms with Gasteiger partial charge in [-0.3, -0.25) is 4.79 Å². The fraction of sp³-hybridized carbons (Fsp3) is 0.286. The van der Waals surface area contributed by atoms with Gasteiger partial charge in [-0.25, -0.2) is 0 Å². The number of fused-ring (bicyclic) bond motifs is 1. The van der Waals surface area contributed by atoms with Crippen molar-refractivity contribution >= 4 is 22.2 Å². The topological polar surface area (TPSA) is 72.2 Å². The Morgan fingerprint density at radius 2 is 1.96 bits per heavy atom. The van der Waals surface area contributed by atoms with Crippen LogP contribution in [0.25, 0.3) is 4.96 Å². The van der Waals surface area contributed by atoms with Crippen molar-refractivity contribution in [2.24, 2.45) is 0 Å². The molecule has 0 saturated heterocycles. The molecule has 0 saturated carbocycles. The van der Waals surface area contributed by atoms with E-state index in [4.69, 9.17) is 0 Å². The third-order valence-electron chi connectivity index (χ3n) is 3.21. The second-order valence-electron chi connectivity index (χ2n) is 4.97. The van der Waals surface area contributed by atoms with Gasteiger partial charge in [0.05, 0.1) is 6.54 Å². The van der Waals surface area contributed by atoms with Gasteiger partial charge < -0.3 is 5.32 Å². The molecule has 0 fully saturated rings. The molecule has 2 aromatic heterocycles. The predicted octanol–water partition coefficient (Wildman–Crippen LogP) is 2.45. The van der Waals surface area contributed by atoms with Gasteiger partial charge in [0.15, 0.2) is 0 Å². The summed E-state index contributed by atoms with van der Waals surface area (Å²) in [6.45, 7) is 0.0545. The molecule has 0 unspecified atom stereocenters. The third kappa shape index (κ3) is 3.70. The fourth-order valence-electron chi connectivity index (χ4n) is 2.07. The van der Waals surface area contributed by atoms with Crippen molar-refractivity contribution < 1.29 is 18.0 Å². The lowest BCUT2D eigenvalue weighted by Crippen LogP contribution is -2.23. The van der Waals surface area contributed by atoms with E-state index in [1.54, 1.807) is 0 Å². The second kappa shape index (κ2) is 6.56. The van der Waals surface area contributed by atoms with Gasteiger partial charge in [-0.15, -0.1) is 10.2 Å². The summed E-state index contributed by atoms with van der Waals surface area (Å²) >= 11 is 0.954. The largest absolute Gasteiger partial charge is 0.453 e. The van der Waals surface area contributed by atoms with E-state index in [-0.39, 0.29) is 17.4 Å². The zero-order valence-electron chi connectivity index (χ0n) is 12.2. The molecule has 0 spiro atoms. The number of rotatable bonds is 5. The summed E-state index contributed by atoms with van der Waals surface area (Å²) in [6.07, 6.45) is -3.73. The van der Waals surface area contributed by atoms with Crippen LogP contribution in [-0.2, 0) is 23.9 Å². The van der Waals surface area contributed by atoms with Crippen LogP contribution in [0.15, 0.2) is 30.3 Å². The number of carbonyl (C=O) groups is 1. The highest BCUT2D eigenvalue weighted by molar-refractivity contribution is 7.16. The molecule has 126 valence electrons. The molecule has 0 aliphatic heterocycles. The molecule has 1 aromatic carbocycles. The Bertz CT molecular complexity index is 843. The summed E-state index contributed by atoms with van der Waals surface area (Å²) in [6, 6.07) is 9.53. The molecule has 3 rings (SSSR count). The third-order valence-corrected chi connectivity index (χ3v) is 4.11. The number of benzene rings is 1. The van der Waals surface area contributed by atoms with E-state index >= 15 is 0 Å². The van der Waals surface area contributed by atoms with E-state index in [9.17, 15) is 18.0 Å². The van der Waals surface area contributed by atoms with Crippen LogP contribution in [-0.4, -0.2) is 25.7 Å². The number of hydrogen-bond donors (Lipinski definition) is 1. The van der Waals surface area contributed by atoms with Crippen LogP contribution in [0.5, 0.6) is 0 Å². The van der Waals surface area contributed by atoms with E-state index in [0.29, 0.717) is 22.4 Å². The van der Waals surface area contributed by atoms with E-state index in [1.807, 2.05) is 30.3 Å². The molecule has 1 N–H and O–H groups in total. The SMILES string of the molecule is O=C(CCc1ccccc1)NCc1nn2c(C(F)(F)F)nnc2s1. The quantitative estimate of drug-likeness (QED) is 0.763. The number of hydrogen-bond acceptors (Lipinski definition) is 5. The van der Waals surface area contributed by atoms with Gasteiger partial charge in [-0.1, -0.05) is 41.7 Å². The summed E-state index contributed by atoms with van der Waals surface area (Å²) in [7, 11) is 0. The van der Waals surface area contributed by atoms with Gasteiger partial charge >= 0.3 is 6.18 Å². The Morgan fingerprint density at radius 1 is 1.21 bits per heavy atom. The molecule has 0 radical (unpaired) electrons. The number of aryl methyl sites for hydroxylation is 1. The summed E-state index contributed by atoms with van der Waals surface area (Å²) in [5, 5.41) is 13.3. The van der Waals surface area contributed by atoms with Crippen molar-refractivity contribution in [3.63, 3.8) is 0 Å². The van der Waals surface area contributed by atoms with Crippen LogP contribution >= 0.6 is 11.3 Å². The minimum absolute atomic E-state index is 0.0378. The number of carbonyl (C=O) groups excluding carboxylic acids is 1. The second-order valence-corrected chi connectivity index (χ2v) is 6.01. The molecule has 10 heteroatoms. The zero-order valence-corrected chi connectivity index (χ0v) is 13.1. The van der Waals surface area contributed by atoms with Crippen LogP contribution in [0.2, 0.25) is 0 Å². The summed E-state index contributed by atoms with van der Waals surface area (Å²) in [5.41, 5.74) is 1.04. The summed E-state index contributed by atoms with van der Waals surface area (Å²) < 4.78 is 38.8. The molecule has 3 aromatic rings. The lowest BCUT2D eigenvalue weighted by atomic mass is 10.1. The standard InChI is InChI=1S/C14H12F3N5OS/c15-14(16,17)12-19-20-13-22(12)21-11(24-13)8-18-10(23)7-6-9-4-2-1-3-5-9/h1-5H,6-8H2,(H,18,23). The first-order valence-corrected chi connectivity index (χ1v) is 7.84. The molecule has 6 nitrogen and oxygen atoms in total. The van der Waals surface area contributed by atoms with Crippen LogP contribution in [0, 0.1) is 0 Å². The van der Waals surface area contributed by atoms with Crippen molar-refractivity contribution in [1.82, 2.24) is 25.1 Å². The Kier molecular flexibility index (Phi) is 4.47. The fourth-order valence-corrected chi connectivity index (χ4v) is 2.84. The van der Waals surface area contributed by atoms with Gasteiger partial charge in [0.1, 0.15) is 5.01 Å². The van der Waals surface area contributed by atoms with Crippen LogP contribution in [0.1, 0.15) is 22.8 Å². The minimum Gasteiger partial charge on any atom is -0.350 e. The highest BCUT2D eigenvalue weighted by Crippen LogP contribution is 2.28. The van der Waals surface area contributed by atoms with Gasteiger partial charge in [0.2, 0.25) is 10.9 Å². The number of aromatic nitrogens is 4. The van der Waals surface area contributed by atoms with Crippen LogP contribution in [0.3, 0.4) is 0 Å². The van der Waals surface area contributed by atoms with Crippen molar-refractivity contribution in [3.05, 3.63) is 46.7 Å². The van der Waals surface area contributed by atoms with Crippen molar-refractivity contribution in [1.29, 1.82) is 0 Å². The molecule has 0 atom stereocenters. The van der Waals surface area contributed by atoms with E-state index in [2.05, 4.69) is 20.6 Å². The molecule has 0 aliphatic carbocycles. The van der Waals surface area contributed by atoms with Gasteiger partial charge in [-0.2, -0.15) is 22.8 Å². The average Bonchev–Trinajstić information content (AvgIpc) is 3.11. The smallest absolute Gasteiger partial charge is 0.350 e. The highest BCUT2D eigenvalue weighted by Gasteiger charge is 2.38. The van der Waals surface area contributed by atoms with Crippen molar-refractivity contribution in [2.75, 3.05) is 0 Å². The van der Waals surface area contributed by atoms with Crippen molar-refractivity contribution in [2.45, 2.75) is 25.6 Å². The Morgan fingerprint density at radius 3 is 2.67 bits per heavy atom. The first kappa shape index (κ1) is 16.4. The molecule has 24 heavy (non-hydrogen) atoms. The number of alkyl halides is 3. The van der Waals surface area contributed by atoms with Crippen LogP contribution in [0.4, 0.5) is 13.2 Å². The summed E-state index contributed by atoms with van der Waals surface area (Å²) in [4.78, 5) is 11.9. The zero-order chi connectivity index (χ0) is 17.2. The molecule has 0 aliphatic rings. The maximum absolute atomic E-state index is 12.7. The maximum Gasteiger partial charge on any atom is 0.453 e. The lowest BCUT2D eigenvalue weighted by Gasteiger charge is -2.03. The normalized spacial score (nSPS) is 11.8. The van der Waals surface area contributed by atoms with E-state index in [1.165, 1.54) is 0 Å². The molecule has 0 bridgehead atoms. The lowest BCUT2D eigenvalue weighted by molar-refractivity contribution is -0.146. The Hall–Kier alpha value is -2.49. The predicted molar refractivity (Wildman–Crippen MR) is 80.3 cm³/mol. The highest BCUT2D eigenvalue weighted by atomic mass is 32.1. The number of amides is 1. The Labute approximate surface area is 138 Å². The van der Waals surface area contributed by atoms with Crippen molar-refractivity contribution in [3.8, 4) is 0 Å². The number of nitrogens with one attached hydrogen (secondary N) is 1. The molecular weight excluding hydrogens is 343 g/mol. The number of halogens is 3. The first-order chi connectivity index (χ1) is 11.4. The minimum atomic E-state index is -4.62. The Balaban J connectivity index is 1.57. The average molecular weight is 355 g/mol. The summed E-state index contributed by atoms with van der Waals surface area (Å²) in [5.74, 6) is -1.36. The number of nitrogens with zero attached hydrogens (tertiary/aromatic N) is 4. The monoisotopic (exact) mass is 355 g/mol. The van der Waals surface area contributed by atoms with Gasteiger partial charge in [-0.05, 0) is 12.0 Å². The molecule has 1 amide bonds. The first-order valence-electron chi connectivity index (χ1n) is 7.02. The van der Waals surface area contributed by atoms with E-state index in [0.717, 1.165) is 16.9 Å². The van der Waals surface area contributed by atoms with E-state index < -0.39 is 12.0 Å². The molecule has 2 heterocycles. The van der Waals surface area contributed by atoms with Crippen LogP contribution < -0.4 is 5.32 Å². The van der Waals surface area contributed by atoms with Gasteiger partial charge in [0, 0.05) is 6.42 Å². The van der Waals surface area contributed by atoms with Gasteiger partial charge in [0.25, 0.3) is 5.82 Å². The maximum atomic E-state index is 12.7.